The van der Waals surface area contributed by atoms with Gasteiger partial charge in [-0.05, 0) is 24.6 Å². The average Bonchev–Trinajstić information content (AvgIpc) is 3.00. The predicted octanol–water partition coefficient (Wildman–Crippen LogP) is 4.02. The van der Waals surface area contributed by atoms with Gasteiger partial charge in [0.05, 0.1) is 11.6 Å². The molecule has 0 aliphatic carbocycles. The van der Waals surface area contributed by atoms with Crippen molar-refractivity contribution in [2.75, 3.05) is 4.90 Å². The van der Waals surface area contributed by atoms with E-state index in [1.807, 2.05) is 49.4 Å². The number of aliphatic hydroxyl groups excluding tert-OH is 1. The van der Waals surface area contributed by atoms with Crippen LogP contribution in [0.15, 0.2) is 84.6 Å². The summed E-state index contributed by atoms with van der Waals surface area (Å²) in [5.41, 5.74) is 2.31. The predicted molar refractivity (Wildman–Crippen MR) is 107 cm³/mol. The largest absolute Gasteiger partial charge is 0.507 e. The van der Waals surface area contributed by atoms with Gasteiger partial charge in [-0.1, -0.05) is 66.2 Å². The van der Waals surface area contributed by atoms with Gasteiger partial charge < -0.3 is 5.11 Å². The van der Waals surface area contributed by atoms with Crippen molar-refractivity contribution in [2.24, 2.45) is 0 Å². The normalized spacial score (nSPS) is 18.5. The molecule has 0 spiro atoms. The maximum Gasteiger partial charge on any atom is 0.301 e. The average molecular weight is 370 g/mol. The van der Waals surface area contributed by atoms with Gasteiger partial charge in [0.15, 0.2) is 0 Å². The van der Waals surface area contributed by atoms with Crippen LogP contribution in [0, 0.1) is 6.92 Å². The topological polar surface area (TPSA) is 70.5 Å². The first-order valence-corrected chi connectivity index (χ1v) is 8.92. The summed E-state index contributed by atoms with van der Waals surface area (Å²) >= 11 is 0. The molecule has 1 aliphatic rings. The summed E-state index contributed by atoms with van der Waals surface area (Å²) in [4.78, 5) is 31.4. The van der Waals surface area contributed by atoms with Crippen molar-refractivity contribution in [3.8, 4) is 0 Å². The van der Waals surface area contributed by atoms with E-state index < -0.39 is 17.7 Å². The number of hydrogen-bond acceptors (Lipinski definition) is 4. The number of carbonyl (C=O) groups is 2. The second-order valence-corrected chi connectivity index (χ2v) is 6.63. The number of aryl methyl sites for hydroxylation is 1. The molecule has 0 saturated carbocycles. The Morgan fingerprint density at radius 1 is 0.929 bits per heavy atom. The molecular formula is C23H18N2O3. The zero-order valence-electron chi connectivity index (χ0n) is 15.2. The summed E-state index contributed by atoms with van der Waals surface area (Å²) < 4.78 is 0. The lowest BCUT2D eigenvalue weighted by atomic mass is 9.95. The van der Waals surface area contributed by atoms with Crippen LogP contribution in [0.5, 0.6) is 0 Å². The summed E-state index contributed by atoms with van der Waals surface area (Å²) in [6.45, 7) is 1.94. The fourth-order valence-corrected chi connectivity index (χ4v) is 3.38. The fourth-order valence-electron chi connectivity index (χ4n) is 3.38. The molecule has 1 saturated heterocycles. The van der Waals surface area contributed by atoms with Crippen LogP contribution >= 0.6 is 0 Å². The van der Waals surface area contributed by atoms with Crippen LogP contribution < -0.4 is 4.90 Å². The molecule has 0 bridgehead atoms. The number of anilines is 1. The van der Waals surface area contributed by atoms with Crippen molar-refractivity contribution in [2.45, 2.75) is 13.0 Å². The van der Waals surface area contributed by atoms with Crippen molar-refractivity contribution >= 4 is 23.3 Å². The van der Waals surface area contributed by atoms with Gasteiger partial charge in [-0.25, -0.2) is 4.98 Å². The van der Waals surface area contributed by atoms with Crippen LogP contribution in [0.25, 0.3) is 5.76 Å². The maximum atomic E-state index is 12.9. The molecule has 5 heteroatoms. The van der Waals surface area contributed by atoms with E-state index in [4.69, 9.17) is 0 Å². The molecule has 1 amide bonds. The lowest BCUT2D eigenvalue weighted by Crippen LogP contribution is -2.30. The van der Waals surface area contributed by atoms with Crippen molar-refractivity contribution in [1.82, 2.24) is 4.98 Å². The molecule has 5 nitrogen and oxygen atoms in total. The van der Waals surface area contributed by atoms with Crippen LogP contribution in [-0.4, -0.2) is 21.8 Å². The Labute approximate surface area is 162 Å². The molecule has 138 valence electrons. The minimum absolute atomic E-state index is 0.0608. The molecule has 1 atom stereocenters. The van der Waals surface area contributed by atoms with Gasteiger partial charge in [0.1, 0.15) is 11.6 Å². The molecule has 1 N–H and O–H groups in total. The first kappa shape index (κ1) is 17.7. The second-order valence-electron chi connectivity index (χ2n) is 6.63. The van der Waals surface area contributed by atoms with Crippen LogP contribution in [0.3, 0.4) is 0 Å². The van der Waals surface area contributed by atoms with Crippen LogP contribution in [0.1, 0.15) is 22.7 Å². The van der Waals surface area contributed by atoms with Gasteiger partial charge in [0.25, 0.3) is 5.78 Å². The van der Waals surface area contributed by atoms with Crippen molar-refractivity contribution in [1.29, 1.82) is 0 Å². The maximum absolute atomic E-state index is 12.9. The molecule has 3 aromatic rings. The molecule has 2 aromatic carbocycles. The van der Waals surface area contributed by atoms with Crippen LogP contribution in [-0.2, 0) is 9.59 Å². The Morgan fingerprint density at radius 3 is 2.25 bits per heavy atom. The highest BCUT2D eigenvalue weighted by atomic mass is 16.3. The summed E-state index contributed by atoms with van der Waals surface area (Å²) in [5, 5.41) is 11.0. The van der Waals surface area contributed by atoms with Gasteiger partial charge in [0.2, 0.25) is 0 Å². The van der Waals surface area contributed by atoms with E-state index in [0.29, 0.717) is 11.4 Å². The first-order chi connectivity index (χ1) is 13.6. The lowest BCUT2D eigenvalue weighted by molar-refractivity contribution is -0.132. The molecular weight excluding hydrogens is 352 g/mol. The van der Waals surface area contributed by atoms with Crippen molar-refractivity contribution in [3.05, 3.63) is 101 Å². The molecule has 2 heterocycles. The highest BCUT2D eigenvalue weighted by Crippen LogP contribution is 2.41. The smallest absolute Gasteiger partial charge is 0.301 e. The van der Waals surface area contributed by atoms with Gasteiger partial charge in [-0.15, -0.1) is 0 Å². The van der Waals surface area contributed by atoms with Gasteiger partial charge >= 0.3 is 5.91 Å². The van der Waals surface area contributed by atoms with E-state index >= 15 is 0 Å². The summed E-state index contributed by atoms with van der Waals surface area (Å²) in [5.74, 6) is -1.26. The van der Waals surface area contributed by atoms with Gasteiger partial charge in [-0.3, -0.25) is 14.5 Å². The van der Waals surface area contributed by atoms with E-state index in [-0.39, 0.29) is 11.3 Å². The van der Waals surface area contributed by atoms with Crippen molar-refractivity contribution in [3.63, 3.8) is 0 Å². The minimum Gasteiger partial charge on any atom is -0.507 e. The van der Waals surface area contributed by atoms with Crippen LogP contribution in [0.2, 0.25) is 0 Å². The Kier molecular flexibility index (Phi) is 4.49. The zero-order chi connectivity index (χ0) is 19.7. The number of ketones is 1. The fraction of sp³-hybridized carbons (Fsp3) is 0.0870. The summed E-state index contributed by atoms with van der Waals surface area (Å²) in [6, 6.07) is 20.8. The number of hydrogen-bond donors (Lipinski definition) is 1. The number of pyridine rings is 1. The quantitative estimate of drug-likeness (QED) is 0.429. The molecule has 1 fully saturated rings. The Morgan fingerprint density at radius 2 is 1.61 bits per heavy atom. The molecule has 28 heavy (non-hydrogen) atoms. The summed E-state index contributed by atoms with van der Waals surface area (Å²) in [6.07, 6.45) is 1.57. The Bertz CT molecular complexity index is 1060. The molecule has 4 rings (SSSR count). The first-order valence-electron chi connectivity index (χ1n) is 8.92. The third-order valence-electron chi connectivity index (χ3n) is 4.78. The molecule has 1 aliphatic heterocycles. The highest BCUT2D eigenvalue weighted by Gasteiger charge is 2.47. The Balaban J connectivity index is 1.94. The van der Waals surface area contributed by atoms with E-state index in [0.717, 1.165) is 11.1 Å². The number of Topliss-reactive ketones (excluding diaryl/α,β-unsaturated/α-hetero) is 1. The van der Waals surface area contributed by atoms with E-state index in [1.165, 1.54) is 4.90 Å². The second kappa shape index (κ2) is 7.12. The van der Waals surface area contributed by atoms with E-state index in [1.54, 1.807) is 36.5 Å². The number of amides is 1. The van der Waals surface area contributed by atoms with Gasteiger partial charge in [0, 0.05) is 11.8 Å². The standard InChI is InChI=1S/C23H18N2O3/c1-15-10-12-17(13-11-15)21(26)19-20(16-7-3-2-4-8-16)25(23(28)22(19)27)18-9-5-6-14-24-18/h2-14,20,26H,1H3/t20-/m0/s1. The Hall–Kier alpha value is -3.73. The zero-order valence-corrected chi connectivity index (χ0v) is 15.2. The number of carbonyl (C=O) groups excluding carboxylic acids is 2. The SMILES string of the molecule is Cc1ccc(C(O)=C2C(=O)C(=O)N(c3ccccn3)[C@H]2c2ccccc2)cc1. The summed E-state index contributed by atoms with van der Waals surface area (Å²) in [7, 11) is 0. The number of nitrogens with zero attached hydrogens (tertiary/aromatic N) is 2. The third-order valence-corrected chi connectivity index (χ3v) is 4.78. The number of benzene rings is 2. The number of aliphatic hydroxyl groups is 1. The monoisotopic (exact) mass is 370 g/mol. The van der Waals surface area contributed by atoms with E-state index in [2.05, 4.69) is 4.98 Å². The molecule has 1 aromatic heterocycles. The minimum atomic E-state index is -0.752. The lowest BCUT2D eigenvalue weighted by Gasteiger charge is -2.24. The number of rotatable bonds is 3. The van der Waals surface area contributed by atoms with E-state index in [9.17, 15) is 14.7 Å². The van der Waals surface area contributed by atoms with Crippen molar-refractivity contribution < 1.29 is 14.7 Å². The van der Waals surface area contributed by atoms with Crippen LogP contribution in [0.4, 0.5) is 5.82 Å². The third kappa shape index (κ3) is 2.97. The van der Waals surface area contributed by atoms with Gasteiger partial charge in [-0.2, -0.15) is 0 Å². The number of aromatic nitrogens is 1. The highest BCUT2D eigenvalue weighted by molar-refractivity contribution is 6.51. The molecule has 0 radical (unpaired) electrons. The molecule has 0 unspecified atom stereocenters.